The lowest BCUT2D eigenvalue weighted by Gasteiger charge is -2.12. The molecule has 0 fully saturated rings. The van der Waals surface area contributed by atoms with Crippen molar-refractivity contribution in [1.82, 2.24) is 24.6 Å². The first-order valence-corrected chi connectivity index (χ1v) is 11.9. The molecule has 194 valence electrons. The van der Waals surface area contributed by atoms with Gasteiger partial charge in [0.05, 0.1) is 22.2 Å². The molecule has 0 atom stereocenters. The number of benzene rings is 2. The number of ether oxygens (including phenoxy) is 1. The average Bonchev–Trinajstić information content (AvgIpc) is 3.48. The van der Waals surface area contributed by atoms with Crippen molar-refractivity contribution >= 4 is 22.6 Å². The summed E-state index contributed by atoms with van der Waals surface area (Å²) in [5.41, 5.74) is 9.98. The summed E-state index contributed by atoms with van der Waals surface area (Å²) in [5.74, 6) is 0.402. The van der Waals surface area contributed by atoms with Crippen molar-refractivity contribution < 1.29 is 13.9 Å². The minimum atomic E-state index is -0.493. The van der Waals surface area contributed by atoms with Gasteiger partial charge in [-0.25, -0.2) is 9.37 Å². The van der Waals surface area contributed by atoms with Crippen LogP contribution in [0.1, 0.15) is 11.1 Å². The molecule has 0 saturated carbocycles. The molecule has 0 aliphatic rings. The molecular formula is C29H24FN7O2. The van der Waals surface area contributed by atoms with Crippen molar-refractivity contribution in [3.05, 3.63) is 90.5 Å². The van der Waals surface area contributed by atoms with E-state index in [-0.39, 0.29) is 18.3 Å². The number of anilines is 1. The smallest absolute Gasteiger partial charge is 0.243 e. The molecule has 0 saturated heterocycles. The van der Waals surface area contributed by atoms with E-state index in [1.54, 1.807) is 59.9 Å². The van der Waals surface area contributed by atoms with Crippen molar-refractivity contribution in [3.8, 4) is 40.1 Å². The van der Waals surface area contributed by atoms with Gasteiger partial charge in [-0.15, -0.1) is 5.10 Å². The van der Waals surface area contributed by atoms with Crippen LogP contribution in [0.3, 0.4) is 0 Å². The number of nitrogens with zero attached hydrogens (tertiary/aromatic N) is 5. The molecule has 0 aliphatic heterocycles. The number of halogens is 1. The number of amides is 1. The van der Waals surface area contributed by atoms with Crippen molar-refractivity contribution in [3.63, 3.8) is 0 Å². The molecule has 5 rings (SSSR count). The lowest BCUT2D eigenvalue weighted by Crippen LogP contribution is -2.20. The summed E-state index contributed by atoms with van der Waals surface area (Å²) >= 11 is 0. The predicted octanol–water partition coefficient (Wildman–Crippen LogP) is 4.83. The number of nitriles is 1. The summed E-state index contributed by atoms with van der Waals surface area (Å²) in [6.45, 7) is 3.57. The fourth-order valence-corrected chi connectivity index (χ4v) is 4.57. The van der Waals surface area contributed by atoms with Gasteiger partial charge < -0.3 is 20.4 Å². The van der Waals surface area contributed by atoms with Crippen molar-refractivity contribution in [1.29, 1.82) is 5.26 Å². The number of carbonyl (C=O) groups is 1. The number of nitrogens with one attached hydrogen (secondary N) is 1. The molecule has 0 radical (unpaired) electrons. The minimum Gasteiger partial charge on any atom is -0.438 e. The first-order chi connectivity index (χ1) is 18.8. The number of aryl methyl sites for hydroxylation is 2. The maximum atomic E-state index is 15.7. The second-order valence-corrected chi connectivity index (χ2v) is 8.87. The number of aromatic nitrogens is 4. The van der Waals surface area contributed by atoms with Gasteiger partial charge in [0, 0.05) is 50.2 Å². The van der Waals surface area contributed by atoms with Crippen LogP contribution in [0.5, 0.6) is 11.6 Å². The highest BCUT2D eigenvalue weighted by Crippen LogP contribution is 2.44. The van der Waals surface area contributed by atoms with Crippen LogP contribution in [0.15, 0.2) is 73.6 Å². The van der Waals surface area contributed by atoms with E-state index in [4.69, 9.17) is 10.5 Å². The first-order valence-electron chi connectivity index (χ1n) is 11.9. The highest BCUT2D eigenvalue weighted by atomic mass is 19.1. The van der Waals surface area contributed by atoms with E-state index in [0.717, 1.165) is 11.6 Å². The maximum Gasteiger partial charge on any atom is 0.243 e. The molecule has 3 aromatic heterocycles. The molecular weight excluding hydrogens is 497 g/mol. The van der Waals surface area contributed by atoms with Gasteiger partial charge in [0.1, 0.15) is 23.5 Å². The quantitative estimate of drug-likeness (QED) is 0.296. The standard InChI is InChI=1S/C29H24FN7O2/c1-4-23(38)33-15-17-5-10-21(22(30)13-17)28-25(26-27(37(28)3)19(14-31)16-34-29(26)32)18-6-8-20(9-7-18)39-24-11-12-36(2)35-24/h4-13,16H,1,15H2,2-3H3,(H2,32,34)(H,33,38). The molecule has 39 heavy (non-hydrogen) atoms. The summed E-state index contributed by atoms with van der Waals surface area (Å²) in [6.07, 6.45) is 4.35. The summed E-state index contributed by atoms with van der Waals surface area (Å²) < 4.78 is 24.9. The van der Waals surface area contributed by atoms with Crippen LogP contribution in [-0.4, -0.2) is 25.2 Å². The number of pyridine rings is 1. The Bertz CT molecular complexity index is 1780. The Kier molecular flexibility index (Phi) is 6.56. The first kappa shape index (κ1) is 25.2. The van der Waals surface area contributed by atoms with Crippen LogP contribution < -0.4 is 15.8 Å². The van der Waals surface area contributed by atoms with E-state index in [1.807, 2.05) is 12.1 Å². The number of carbonyl (C=O) groups excluding carboxylic acids is 1. The number of hydrogen-bond acceptors (Lipinski definition) is 6. The maximum absolute atomic E-state index is 15.7. The van der Waals surface area contributed by atoms with Crippen LogP contribution >= 0.6 is 0 Å². The lowest BCUT2D eigenvalue weighted by molar-refractivity contribution is -0.116. The molecule has 9 nitrogen and oxygen atoms in total. The second kappa shape index (κ2) is 10.1. The Morgan fingerprint density at radius 3 is 2.64 bits per heavy atom. The number of hydrogen-bond donors (Lipinski definition) is 2. The average molecular weight is 522 g/mol. The summed E-state index contributed by atoms with van der Waals surface area (Å²) in [7, 11) is 3.56. The normalized spacial score (nSPS) is 10.8. The van der Waals surface area contributed by atoms with E-state index in [2.05, 4.69) is 28.0 Å². The van der Waals surface area contributed by atoms with Crippen molar-refractivity contribution in [2.24, 2.45) is 14.1 Å². The molecule has 5 aromatic rings. The molecule has 0 spiro atoms. The number of rotatable bonds is 7. The van der Waals surface area contributed by atoms with Gasteiger partial charge in [0.15, 0.2) is 0 Å². The van der Waals surface area contributed by atoms with E-state index >= 15 is 4.39 Å². The Labute approximate surface area is 223 Å². The molecule has 10 heteroatoms. The Hall–Kier alpha value is -5.43. The predicted molar refractivity (Wildman–Crippen MR) is 146 cm³/mol. The van der Waals surface area contributed by atoms with E-state index < -0.39 is 5.82 Å². The van der Waals surface area contributed by atoms with E-state index in [9.17, 15) is 10.1 Å². The summed E-state index contributed by atoms with van der Waals surface area (Å²) in [4.78, 5) is 15.8. The van der Waals surface area contributed by atoms with Gasteiger partial charge in [-0.3, -0.25) is 9.48 Å². The molecule has 3 N–H and O–H groups in total. The second-order valence-electron chi connectivity index (χ2n) is 8.87. The van der Waals surface area contributed by atoms with Gasteiger partial charge in [0.25, 0.3) is 0 Å². The zero-order valence-corrected chi connectivity index (χ0v) is 21.3. The molecule has 0 bridgehead atoms. The van der Waals surface area contributed by atoms with Crippen LogP contribution in [0.25, 0.3) is 33.3 Å². The zero-order chi connectivity index (χ0) is 27.7. The fraction of sp³-hybridized carbons (Fsp3) is 0.103. The van der Waals surface area contributed by atoms with Gasteiger partial charge >= 0.3 is 0 Å². The molecule has 2 aromatic carbocycles. The SMILES string of the molecule is C=CC(=O)NCc1ccc(-c2c(-c3ccc(Oc4ccn(C)n4)cc3)c3c(N)ncc(C#N)c3n2C)c(F)c1. The molecule has 1 amide bonds. The zero-order valence-electron chi connectivity index (χ0n) is 21.3. The Morgan fingerprint density at radius 1 is 1.23 bits per heavy atom. The summed E-state index contributed by atoms with van der Waals surface area (Å²) in [5, 5.41) is 17.2. The van der Waals surface area contributed by atoms with E-state index in [1.165, 1.54) is 12.3 Å². The van der Waals surface area contributed by atoms with Gasteiger partial charge in [-0.1, -0.05) is 24.8 Å². The molecule has 3 heterocycles. The van der Waals surface area contributed by atoms with E-state index in [0.29, 0.717) is 50.5 Å². The van der Waals surface area contributed by atoms with Crippen LogP contribution in [0.4, 0.5) is 10.2 Å². The third-order valence-corrected chi connectivity index (χ3v) is 6.35. The Balaban J connectivity index is 1.66. The highest BCUT2D eigenvalue weighted by molar-refractivity contribution is 6.10. The topological polar surface area (TPSA) is 124 Å². The number of fused-ring (bicyclic) bond motifs is 1. The van der Waals surface area contributed by atoms with Crippen LogP contribution in [-0.2, 0) is 25.4 Å². The monoisotopic (exact) mass is 521 g/mol. The van der Waals surface area contributed by atoms with Gasteiger partial charge in [0.2, 0.25) is 11.8 Å². The molecule has 0 aliphatic carbocycles. The third-order valence-electron chi connectivity index (χ3n) is 6.35. The molecule has 0 unspecified atom stereocenters. The third kappa shape index (κ3) is 4.69. The number of nitrogen functional groups attached to an aromatic ring is 1. The van der Waals surface area contributed by atoms with Crippen molar-refractivity contribution in [2.75, 3.05) is 5.73 Å². The highest BCUT2D eigenvalue weighted by Gasteiger charge is 2.25. The van der Waals surface area contributed by atoms with Crippen LogP contribution in [0, 0.1) is 17.1 Å². The minimum absolute atomic E-state index is 0.150. The van der Waals surface area contributed by atoms with Gasteiger partial charge in [-0.05, 0) is 41.5 Å². The van der Waals surface area contributed by atoms with Crippen molar-refractivity contribution in [2.45, 2.75) is 6.54 Å². The number of nitrogens with two attached hydrogens (primary N) is 1. The lowest BCUT2D eigenvalue weighted by atomic mass is 9.97. The Morgan fingerprint density at radius 2 is 2.00 bits per heavy atom. The van der Waals surface area contributed by atoms with Crippen LogP contribution in [0.2, 0.25) is 0 Å². The fourth-order valence-electron chi connectivity index (χ4n) is 4.57. The summed E-state index contributed by atoms with van der Waals surface area (Å²) in [6, 6.07) is 15.9. The van der Waals surface area contributed by atoms with Gasteiger partial charge in [-0.2, -0.15) is 5.26 Å². The largest absolute Gasteiger partial charge is 0.438 e.